The van der Waals surface area contributed by atoms with Crippen LogP contribution in [0.3, 0.4) is 0 Å². The number of hydrogen-bond donors (Lipinski definition) is 0. The Balaban J connectivity index is 1.95. The quantitative estimate of drug-likeness (QED) is 0.757. The molecular weight excluding hydrogens is 208 g/mol. The van der Waals surface area contributed by atoms with Gasteiger partial charge in [-0.2, -0.15) is 0 Å². The van der Waals surface area contributed by atoms with Gasteiger partial charge in [-0.15, -0.1) is 0 Å². The van der Waals surface area contributed by atoms with E-state index < -0.39 is 0 Å². The average molecular weight is 223 g/mol. The molecule has 0 aromatic heterocycles. The molecule has 0 unspecified atom stereocenters. The lowest BCUT2D eigenvalue weighted by molar-refractivity contribution is 0.306. The zero-order valence-electron chi connectivity index (χ0n) is 9.67. The van der Waals surface area contributed by atoms with Crippen LogP contribution in [0.1, 0.15) is 11.1 Å². The minimum Gasteiger partial charge on any atom is -0.489 e. The molecular formula is C16H15O. The largest absolute Gasteiger partial charge is 0.489 e. The third kappa shape index (κ3) is 3.49. The predicted octanol–water partition coefficient (Wildman–Crippen LogP) is 4.11. The molecule has 0 saturated carbocycles. The Hall–Kier alpha value is -2.02. The van der Waals surface area contributed by atoms with Gasteiger partial charge in [0, 0.05) is 0 Å². The van der Waals surface area contributed by atoms with Crippen molar-refractivity contribution in [3.05, 3.63) is 78.7 Å². The molecule has 2 aromatic rings. The first kappa shape index (κ1) is 11.5. The van der Waals surface area contributed by atoms with Crippen LogP contribution >= 0.6 is 0 Å². The fourth-order valence-electron chi connectivity index (χ4n) is 1.55. The first-order valence-corrected chi connectivity index (χ1v) is 5.61. The zero-order chi connectivity index (χ0) is 11.9. The van der Waals surface area contributed by atoms with Gasteiger partial charge in [-0.25, -0.2) is 0 Å². The van der Waals surface area contributed by atoms with E-state index in [0.717, 1.165) is 11.3 Å². The first-order valence-electron chi connectivity index (χ1n) is 5.61. The summed E-state index contributed by atoms with van der Waals surface area (Å²) in [5.74, 6) is 0.884. The molecule has 0 aliphatic rings. The van der Waals surface area contributed by atoms with Crippen molar-refractivity contribution in [2.75, 3.05) is 0 Å². The Morgan fingerprint density at radius 3 is 2.29 bits per heavy atom. The van der Waals surface area contributed by atoms with Gasteiger partial charge in [0.1, 0.15) is 12.4 Å². The van der Waals surface area contributed by atoms with E-state index in [9.17, 15) is 0 Å². The minimum atomic E-state index is 0.603. The van der Waals surface area contributed by atoms with E-state index in [2.05, 4.69) is 19.1 Å². The van der Waals surface area contributed by atoms with E-state index >= 15 is 0 Å². The van der Waals surface area contributed by atoms with Gasteiger partial charge in [-0.05, 0) is 30.2 Å². The number of hydrogen-bond acceptors (Lipinski definition) is 1. The van der Waals surface area contributed by atoms with E-state index in [4.69, 9.17) is 4.74 Å². The second kappa shape index (κ2) is 5.90. The lowest BCUT2D eigenvalue weighted by atomic mass is 10.2. The molecule has 0 aliphatic carbocycles. The normalized spacial score (nSPS) is 10.6. The van der Waals surface area contributed by atoms with Crippen molar-refractivity contribution >= 4 is 6.08 Å². The highest BCUT2D eigenvalue weighted by atomic mass is 16.5. The van der Waals surface area contributed by atoms with Crippen LogP contribution in [0.4, 0.5) is 0 Å². The van der Waals surface area contributed by atoms with Gasteiger partial charge in [0.05, 0.1) is 0 Å². The van der Waals surface area contributed by atoms with E-state index in [1.54, 1.807) is 6.08 Å². The van der Waals surface area contributed by atoms with Gasteiger partial charge in [-0.1, -0.05) is 54.6 Å². The number of ether oxygens (including phenoxy) is 1. The van der Waals surface area contributed by atoms with Crippen molar-refractivity contribution in [1.29, 1.82) is 0 Å². The summed E-state index contributed by atoms with van der Waals surface area (Å²) in [7, 11) is 0. The van der Waals surface area contributed by atoms with Crippen LogP contribution in [-0.2, 0) is 6.61 Å². The Morgan fingerprint density at radius 2 is 1.65 bits per heavy atom. The Bertz CT molecular complexity index is 469. The minimum absolute atomic E-state index is 0.603. The predicted molar refractivity (Wildman–Crippen MR) is 71.6 cm³/mol. The Labute approximate surface area is 102 Å². The molecule has 17 heavy (non-hydrogen) atoms. The van der Waals surface area contributed by atoms with Crippen LogP contribution in [0.2, 0.25) is 0 Å². The molecule has 1 nitrogen and oxygen atoms in total. The van der Waals surface area contributed by atoms with Gasteiger partial charge < -0.3 is 4.74 Å². The summed E-state index contributed by atoms with van der Waals surface area (Å²) in [6.07, 6.45) is 3.74. The number of rotatable bonds is 4. The molecule has 0 spiro atoms. The van der Waals surface area contributed by atoms with Crippen LogP contribution in [0.15, 0.2) is 60.7 Å². The Kier molecular flexibility index (Phi) is 3.98. The van der Waals surface area contributed by atoms with Crippen molar-refractivity contribution in [3.8, 4) is 5.75 Å². The molecule has 85 valence electrons. The maximum atomic E-state index is 5.69. The molecule has 1 radical (unpaired) electrons. The standard InChI is InChI=1S/C16H15O/c1-2-6-14-9-11-16(12-10-14)17-13-15-7-4-3-5-8-15/h2-12H,1,13H2/b6-2+. The maximum absolute atomic E-state index is 5.69. The summed E-state index contributed by atoms with van der Waals surface area (Å²) in [5, 5.41) is 0. The fourth-order valence-corrected chi connectivity index (χ4v) is 1.55. The van der Waals surface area contributed by atoms with Gasteiger partial charge in [0.2, 0.25) is 0 Å². The molecule has 0 fully saturated rings. The van der Waals surface area contributed by atoms with Gasteiger partial charge in [-0.3, -0.25) is 0 Å². The monoisotopic (exact) mass is 223 g/mol. The van der Waals surface area contributed by atoms with Crippen LogP contribution < -0.4 is 4.74 Å². The highest BCUT2D eigenvalue weighted by molar-refractivity contribution is 5.50. The van der Waals surface area contributed by atoms with Crippen LogP contribution in [-0.4, -0.2) is 0 Å². The molecule has 0 aliphatic heterocycles. The lowest BCUT2D eigenvalue weighted by Gasteiger charge is -2.06. The van der Waals surface area contributed by atoms with Gasteiger partial charge >= 0.3 is 0 Å². The van der Waals surface area contributed by atoms with E-state index in [0.29, 0.717) is 6.61 Å². The van der Waals surface area contributed by atoms with Gasteiger partial charge in [0.25, 0.3) is 0 Å². The highest BCUT2D eigenvalue weighted by Gasteiger charge is 1.95. The van der Waals surface area contributed by atoms with E-state index in [-0.39, 0.29) is 0 Å². The topological polar surface area (TPSA) is 9.23 Å². The Morgan fingerprint density at radius 1 is 0.941 bits per heavy atom. The third-order valence-electron chi connectivity index (χ3n) is 2.44. The first-order chi connectivity index (χ1) is 8.38. The van der Waals surface area contributed by atoms with Crippen molar-refractivity contribution in [1.82, 2.24) is 0 Å². The molecule has 0 heterocycles. The van der Waals surface area contributed by atoms with Crippen molar-refractivity contribution in [2.24, 2.45) is 0 Å². The molecule has 0 amide bonds. The molecule has 0 N–H and O–H groups in total. The lowest BCUT2D eigenvalue weighted by Crippen LogP contribution is -1.94. The fraction of sp³-hybridized carbons (Fsp3) is 0.0625. The molecule has 2 aromatic carbocycles. The summed E-state index contributed by atoms with van der Waals surface area (Å²) in [5.41, 5.74) is 2.31. The van der Waals surface area contributed by atoms with Crippen LogP contribution in [0, 0.1) is 6.92 Å². The average Bonchev–Trinajstić information content (AvgIpc) is 2.40. The second-order valence-electron chi connectivity index (χ2n) is 3.75. The van der Waals surface area contributed by atoms with E-state index in [1.165, 1.54) is 5.56 Å². The third-order valence-corrected chi connectivity index (χ3v) is 2.44. The highest BCUT2D eigenvalue weighted by Crippen LogP contribution is 2.14. The van der Waals surface area contributed by atoms with Crippen molar-refractivity contribution in [3.63, 3.8) is 0 Å². The smallest absolute Gasteiger partial charge is 0.119 e. The molecule has 2 rings (SSSR count). The van der Waals surface area contributed by atoms with Crippen molar-refractivity contribution < 1.29 is 4.74 Å². The maximum Gasteiger partial charge on any atom is 0.119 e. The number of allylic oxidation sites excluding steroid dienone is 1. The second-order valence-corrected chi connectivity index (χ2v) is 3.75. The molecule has 0 atom stereocenters. The molecule has 0 bridgehead atoms. The van der Waals surface area contributed by atoms with Crippen LogP contribution in [0.25, 0.3) is 6.08 Å². The zero-order valence-corrected chi connectivity index (χ0v) is 9.67. The SMILES string of the molecule is [CH2]/C=C/c1ccc(OCc2ccccc2)cc1. The summed E-state index contributed by atoms with van der Waals surface area (Å²) in [4.78, 5) is 0. The number of benzene rings is 2. The van der Waals surface area contributed by atoms with Crippen molar-refractivity contribution in [2.45, 2.75) is 6.61 Å². The molecule has 0 saturated heterocycles. The van der Waals surface area contributed by atoms with Gasteiger partial charge in [0.15, 0.2) is 0 Å². The summed E-state index contributed by atoms with van der Waals surface area (Å²) < 4.78 is 5.69. The summed E-state index contributed by atoms with van der Waals surface area (Å²) >= 11 is 0. The summed E-state index contributed by atoms with van der Waals surface area (Å²) in [6, 6.07) is 18.1. The molecule has 1 heteroatoms. The summed E-state index contributed by atoms with van der Waals surface area (Å²) in [6.45, 7) is 4.27. The van der Waals surface area contributed by atoms with Crippen LogP contribution in [0.5, 0.6) is 5.75 Å². The van der Waals surface area contributed by atoms with E-state index in [1.807, 2.05) is 48.5 Å².